The third-order valence-electron chi connectivity index (χ3n) is 6.66. The van der Waals surface area contributed by atoms with Crippen molar-refractivity contribution in [3.05, 3.63) is 34.9 Å². The molecule has 0 bridgehead atoms. The number of primary amides is 1. The fourth-order valence-corrected chi connectivity index (χ4v) is 5.09. The lowest BCUT2D eigenvalue weighted by Gasteiger charge is -2.42. The minimum atomic E-state index is -0.525. The Bertz CT molecular complexity index is 719. The molecule has 3 aliphatic rings. The van der Waals surface area contributed by atoms with E-state index < -0.39 is 5.91 Å². The van der Waals surface area contributed by atoms with E-state index in [2.05, 4.69) is 4.90 Å². The smallest absolute Gasteiger partial charge is 0.255 e. The highest BCUT2D eigenvalue weighted by Gasteiger charge is 2.37. The van der Waals surface area contributed by atoms with Gasteiger partial charge in [0.05, 0.1) is 17.2 Å². The number of ether oxygens (including phenoxy) is 1. The van der Waals surface area contributed by atoms with Crippen LogP contribution < -0.4 is 5.73 Å². The summed E-state index contributed by atoms with van der Waals surface area (Å²) >= 11 is 0. The molecular weight excluding hydrogens is 342 g/mol. The molecule has 2 aliphatic heterocycles. The first-order chi connectivity index (χ1) is 13.1. The number of methoxy groups -OCH3 is 1. The van der Waals surface area contributed by atoms with Gasteiger partial charge in [-0.1, -0.05) is 12.1 Å². The van der Waals surface area contributed by atoms with Crippen molar-refractivity contribution in [2.75, 3.05) is 20.2 Å². The summed E-state index contributed by atoms with van der Waals surface area (Å²) in [5.74, 6) is -0.554. The van der Waals surface area contributed by atoms with Crippen LogP contribution >= 0.6 is 0 Å². The number of hydrogen-bond donors (Lipinski definition) is 1. The Morgan fingerprint density at radius 3 is 2.41 bits per heavy atom. The van der Waals surface area contributed by atoms with E-state index in [0.717, 1.165) is 44.3 Å². The summed E-state index contributed by atoms with van der Waals surface area (Å²) in [6.07, 6.45) is 7.14. The standard InChI is InChI=1S/C21H29N3O3/c1-27-17-7-5-15(6-8-17)23-11-9-16(10-12-23)24-13-14-3-2-4-18(20(22)25)19(14)21(24)26/h2-4,15-17H,5-13H2,1H3,(H2,22,25). The minimum Gasteiger partial charge on any atom is -0.381 e. The highest BCUT2D eigenvalue weighted by molar-refractivity contribution is 6.09. The molecule has 0 radical (unpaired) electrons. The topological polar surface area (TPSA) is 75.9 Å². The molecule has 27 heavy (non-hydrogen) atoms. The summed E-state index contributed by atoms with van der Waals surface area (Å²) in [5, 5.41) is 0. The molecule has 1 saturated carbocycles. The molecule has 1 aromatic rings. The maximum absolute atomic E-state index is 13.0. The number of amides is 2. The predicted octanol–water partition coefficient (Wildman–Crippen LogP) is 2.16. The number of hydrogen-bond acceptors (Lipinski definition) is 4. The fraction of sp³-hybridized carbons (Fsp3) is 0.619. The van der Waals surface area contributed by atoms with Gasteiger partial charge in [-0.15, -0.1) is 0 Å². The Hall–Kier alpha value is -1.92. The van der Waals surface area contributed by atoms with Gasteiger partial charge >= 0.3 is 0 Å². The summed E-state index contributed by atoms with van der Waals surface area (Å²) < 4.78 is 5.48. The number of carbonyl (C=O) groups excluding carboxylic acids is 2. The molecule has 2 heterocycles. The summed E-state index contributed by atoms with van der Waals surface area (Å²) in [6, 6.07) is 6.31. The second-order valence-corrected chi connectivity index (χ2v) is 8.07. The van der Waals surface area contributed by atoms with Gasteiger partial charge in [-0.3, -0.25) is 9.59 Å². The van der Waals surface area contributed by atoms with E-state index in [1.807, 2.05) is 24.1 Å². The molecule has 2 fully saturated rings. The molecule has 2 N–H and O–H groups in total. The van der Waals surface area contributed by atoms with Gasteiger partial charge in [0.1, 0.15) is 0 Å². The zero-order valence-electron chi connectivity index (χ0n) is 16.0. The quantitative estimate of drug-likeness (QED) is 0.880. The van der Waals surface area contributed by atoms with Gasteiger partial charge in [-0.25, -0.2) is 0 Å². The van der Waals surface area contributed by atoms with Crippen molar-refractivity contribution in [2.24, 2.45) is 5.73 Å². The second kappa shape index (κ2) is 7.60. The molecular formula is C21H29N3O3. The third-order valence-corrected chi connectivity index (χ3v) is 6.66. The highest BCUT2D eigenvalue weighted by atomic mass is 16.5. The lowest BCUT2D eigenvalue weighted by molar-refractivity contribution is 0.0217. The van der Waals surface area contributed by atoms with Crippen molar-refractivity contribution in [1.82, 2.24) is 9.80 Å². The Kier molecular flexibility index (Phi) is 5.19. The van der Waals surface area contributed by atoms with Crippen LogP contribution in [0.1, 0.15) is 64.8 Å². The maximum atomic E-state index is 13.0. The largest absolute Gasteiger partial charge is 0.381 e. The van der Waals surface area contributed by atoms with Gasteiger partial charge in [-0.05, 0) is 50.2 Å². The molecule has 0 spiro atoms. The van der Waals surface area contributed by atoms with Gasteiger partial charge in [0.15, 0.2) is 0 Å². The van der Waals surface area contributed by atoms with E-state index in [1.165, 1.54) is 12.8 Å². The zero-order chi connectivity index (χ0) is 19.0. The fourth-order valence-electron chi connectivity index (χ4n) is 5.09. The summed E-state index contributed by atoms with van der Waals surface area (Å²) in [4.78, 5) is 29.2. The Labute approximate surface area is 160 Å². The number of likely N-dealkylation sites (tertiary alicyclic amines) is 1. The molecule has 0 atom stereocenters. The first-order valence-corrected chi connectivity index (χ1v) is 10.1. The van der Waals surface area contributed by atoms with E-state index in [-0.39, 0.29) is 11.9 Å². The van der Waals surface area contributed by atoms with Crippen molar-refractivity contribution in [1.29, 1.82) is 0 Å². The van der Waals surface area contributed by atoms with E-state index >= 15 is 0 Å². The lowest BCUT2D eigenvalue weighted by Crippen LogP contribution is -2.49. The van der Waals surface area contributed by atoms with Crippen LogP contribution in [0, 0.1) is 0 Å². The van der Waals surface area contributed by atoms with Crippen LogP contribution in [0.4, 0.5) is 0 Å². The number of nitrogens with zero attached hydrogens (tertiary/aromatic N) is 2. The van der Waals surface area contributed by atoms with Crippen molar-refractivity contribution in [2.45, 2.75) is 63.3 Å². The Balaban J connectivity index is 1.37. The van der Waals surface area contributed by atoms with Crippen LogP contribution in [-0.4, -0.2) is 60.0 Å². The molecule has 6 nitrogen and oxygen atoms in total. The van der Waals surface area contributed by atoms with E-state index in [0.29, 0.717) is 29.8 Å². The average molecular weight is 371 g/mol. The molecule has 1 aromatic carbocycles. The van der Waals surface area contributed by atoms with Crippen molar-refractivity contribution < 1.29 is 14.3 Å². The molecule has 1 aliphatic carbocycles. The van der Waals surface area contributed by atoms with E-state index in [9.17, 15) is 9.59 Å². The van der Waals surface area contributed by atoms with Gasteiger partial charge in [0.25, 0.3) is 5.91 Å². The summed E-state index contributed by atoms with van der Waals surface area (Å²) in [5.41, 5.74) is 7.27. The second-order valence-electron chi connectivity index (χ2n) is 8.07. The first kappa shape index (κ1) is 18.4. The number of benzene rings is 1. The molecule has 0 unspecified atom stereocenters. The number of rotatable bonds is 4. The van der Waals surface area contributed by atoms with Gasteiger partial charge in [0.2, 0.25) is 5.91 Å². The van der Waals surface area contributed by atoms with Crippen LogP contribution in [0.3, 0.4) is 0 Å². The van der Waals surface area contributed by atoms with Crippen LogP contribution in [-0.2, 0) is 11.3 Å². The van der Waals surface area contributed by atoms with E-state index in [4.69, 9.17) is 10.5 Å². The number of fused-ring (bicyclic) bond motifs is 1. The van der Waals surface area contributed by atoms with Crippen LogP contribution in [0.25, 0.3) is 0 Å². The number of carbonyl (C=O) groups is 2. The number of nitrogens with two attached hydrogens (primary N) is 1. The van der Waals surface area contributed by atoms with Gasteiger partial charge in [-0.2, -0.15) is 0 Å². The minimum absolute atomic E-state index is 0.0292. The molecule has 6 heteroatoms. The third kappa shape index (κ3) is 3.48. The predicted molar refractivity (Wildman–Crippen MR) is 102 cm³/mol. The monoisotopic (exact) mass is 371 g/mol. The van der Waals surface area contributed by atoms with E-state index in [1.54, 1.807) is 6.07 Å². The van der Waals surface area contributed by atoms with Crippen molar-refractivity contribution in [3.8, 4) is 0 Å². The summed E-state index contributed by atoms with van der Waals surface area (Å²) in [6.45, 7) is 2.67. The Morgan fingerprint density at radius 1 is 1.07 bits per heavy atom. The van der Waals surface area contributed by atoms with Gasteiger partial charge < -0.3 is 20.3 Å². The molecule has 1 saturated heterocycles. The summed E-state index contributed by atoms with van der Waals surface area (Å²) in [7, 11) is 1.81. The van der Waals surface area contributed by atoms with Crippen molar-refractivity contribution in [3.63, 3.8) is 0 Å². The number of piperidine rings is 1. The van der Waals surface area contributed by atoms with Crippen LogP contribution in [0.5, 0.6) is 0 Å². The maximum Gasteiger partial charge on any atom is 0.255 e. The molecule has 2 amide bonds. The molecule has 146 valence electrons. The zero-order valence-corrected chi connectivity index (χ0v) is 16.0. The lowest BCUT2D eigenvalue weighted by atomic mass is 9.90. The van der Waals surface area contributed by atoms with Gasteiger partial charge in [0, 0.05) is 38.8 Å². The SMILES string of the molecule is COC1CCC(N2CCC(N3Cc4cccc(C(N)=O)c4C3=O)CC2)CC1. The van der Waals surface area contributed by atoms with Crippen molar-refractivity contribution >= 4 is 11.8 Å². The highest BCUT2D eigenvalue weighted by Crippen LogP contribution is 2.32. The molecule has 0 aromatic heterocycles. The average Bonchev–Trinajstić information content (AvgIpc) is 3.05. The molecule has 4 rings (SSSR count). The van der Waals surface area contributed by atoms with Crippen LogP contribution in [0.15, 0.2) is 18.2 Å². The first-order valence-electron chi connectivity index (χ1n) is 10.1. The normalized spacial score (nSPS) is 27.0. The van der Waals surface area contributed by atoms with Crippen LogP contribution in [0.2, 0.25) is 0 Å². The Morgan fingerprint density at radius 2 is 1.78 bits per heavy atom.